The van der Waals surface area contributed by atoms with Crippen LogP contribution in [-0.4, -0.2) is 29.4 Å². The van der Waals surface area contributed by atoms with Gasteiger partial charge in [0, 0.05) is 12.1 Å². The Hall–Kier alpha value is -1.08. The molecule has 1 amide bonds. The molecule has 0 heterocycles. The average Bonchev–Trinajstić information content (AvgIpc) is 2.34. The summed E-state index contributed by atoms with van der Waals surface area (Å²) in [6.45, 7) is 6.58. The Morgan fingerprint density at radius 1 is 1.50 bits per heavy atom. The molecule has 0 spiro atoms. The number of hydrogen-bond acceptors (Lipinski definition) is 3. The fraction of sp³-hybridized carbons (Fsp3) is 0.857. The predicted octanol–water partition coefficient (Wildman–Crippen LogP) is 1.90. The molecular weight excluding hydrogens is 226 g/mol. The molecule has 18 heavy (non-hydrogen) atoms. The molecule has 0 aromatic heterocycles. The van der Waals surface area contributed by atoms with Gasteiger partial charge in [0.25, 0.3) is 0 Å². The van der Waals surface area contributed by atoms with Gasteiger partial charge < -0.3 is 5.73 Å². The maximum atomic E-state index is 11.2. The number of amides is 1. The summed E-state index contributed by atoms with van der Waals surface area (Å²) < 4.78 is 0. The third-order valence-electron chi connectivity index (χ3n) is 4.10. The quantitative estimate of drug-likeness (QED) is 0.811. The fourth-order valence-corrected chi connectivity index (χ4v) is 2.98. The van der Waals surface area contributed by atoms with E-state index in [4.69, 9.17) is 5.73 Å². The molecule has 0 saturated heterocycles. The lowest BCUT2D eigenvalue weighted by Crippen LogP contribution is -2.50. The highest BCUT2D eigenvalue weighted by molar-refractivity contribution is 5.76. The zero-order chi connectivity index (χ0) is 13.7. The molecule has 3 unspecified atom stereocenters. The van der Waals surface area contributed by atoms with Crippen molar-refractivity contribution in [2.24, 2.45) is 17.6 Å². The molecule has 1 aliphatic rings. The molecule has 0 aromatic rings. The maximum absolute atomic E-state index is 11.2. The summed E-state index contributed by atoms with van der Waals surface area (Å²) in [5.74, 6) is 0.405. The predicted molar refractivity (Wildman–Crippen MR) is 71.6 cm³/mol. The Balaban J connectivity index is 2.83. The minimum absolute atomic E-state index is 0.0366. The van der Waals surface area contributed by atoms with E-state index in [0.29, 0.717) is 5.92 Å². The van der Waals surface area contributed by atoms with E-state index >= 15 is 0 Å². The standard InChI is InChI=1S/C14H25N3O/c1-4-11-5-6-12(8-15)13(7-11)17(10(2)3)9-14(16)18/h10-13H,4-7,9H2,1-3H3,(H2,16,18). The first-order valence-corrected chi connectivity index (χ1v) is 6.93. The van der Waals surface area contributed by atoms with Gasteiger partial charge in [-0.1, -0.05) is 13.3 Å². The van der Waals surface area contributed by atoms with Crippen molar-refractivity contribution in [2.45, 2.75) is 58.5 Å². The third kappa shape index (κ3) is 3.71. The second-order valence-electron chi connectivity index (χ2n) is 5.62. The van der Waals surface area contributed by atoms with Crippen molar-refractivity contribution >= 4 is 5.91 Å². The first kappa shape index (κ1) is 15.0. The Kier molecular flexibility index (Phi) is 5.61. The van der Waals surface area contributed by atoms with Crippen LogP contribution in [0, 0.1) is 23.2 Å². The number of carbonyl (C=O) groups is 1. The molecule has 102 valence electrons. The van der Waals surface area contributed by atoms with Gasteiger partial charge in [-0.25, -0.2) is 0 Å². The molecule has 3 atom stereocenters. The van der Waals surface area contributed by atoms with Crippen LogP contribution in [0.15, 0.2) is 0 Å². The Morgan fingerprint density at radius 3 is 2.61 bits per heavy atom. The number of nitrogens with two attached hydrogens (primary N) is 1. The van der Waals surface area contributed by atoms with Gasteiger partial charge in [-0.05, 0) is 39.0 Å². The maximum Gasteiger partial charge on any atom is 0.231 e. The lowest BCUT2D eigenvalue weighted by molar-refractivity contribution is -0.120. The molecule has 0 aromatic carbocycles. The highest BCUT2D eigenvalue weighted by atomic mass is 16.1. The fourth-order valence-electron chi connectivity index (χ4n) is 2.98. The summed E-state index contributed by atoms with van der Waals surface area (Å²) in [6.07, 6.45) is 4.24. The van der Waals surface area contributed by atoms with Gasteiger partial charge in [-0.2, -0.15) is 5.26 Å². The molecular formula is C14H25N3O. The second-order valence-corrected chi connectivity index (χ2v) is 5.62. The minimum Gasteiger partial charge on any atom is -0.369 e. The Bertz CT molecular complexity index is 321. The van der Waals surface area contributed by atoms with Crippen molar-refractivity contribution in [3.8, 4) is 6.07 Å². The molecule has 4 nitrogen and oxygen atoms in total. The van der Waals surface area contributed by atoms with Crippen LogP contribution in [-0.2, 0) is 4.79 Å². The molecule has 0 bridgehead atoms. The van der Waals surface area contributed by atoms with Crippen LogP contribution in [0.4, 0.5) is 0 Å². The van der Waals surface area contributed by atoms with Crippen molar-refractivity contribution in [3.05, 3.63) is 0 Å². The van der Waals surface area contributed by atoms with Gasteiger partial charge in [0.1, 0.15) is 0 Å². The van der Waals surface area contributed by atoms with Crippen molar-refractivity contribution < 1.29 is 4.79 Å². The lowest BCUT2D eigenvalue weighted by Gasteiger charge is -2.41. The number of nitriles is 1. The van der Waals surface area contributed by atoms with Crippen LogP contribution >= 0.6 is 0 Å². The van der Waals surface area contributed by atoms with Crippen LogP contribution < -0.4 is 5.73 Å². The topological polar surface area (TPSA) is 70.1 Å². The summed E-state index contributed by atoms with van der Waals surface area (Å²) in [6, 6.07) is 2.84. The third-order valence-corrected chi connectivity index (χ3v) is 4.10. The van der Waals surface area contributed by atoms with Crippen LogP contribution in [0.1, 0.15) is 46.5 Å². The van der Waals surface area contributed by atoms with Crippen molar-refractivity contribution in [3.63, 3.8) is 0 Å². The van der Waals surface area contributed by atoms with E-state index in [-0.39, 0.29) is 30.5 Å². The summed E-state index contributed by atoms with van der Waals surface area (Å²) in [5, 5.41) is 9.29. The van der Waals surface area contributed by atoms with E-state index in [2.05, 4.69) is 31.7 Å². The van der Waals surface area contributed by atoms with Gasteiger partial charge in [-0.15, -0.1) is 0 Å². The SMILES string of the molecule is CCC1CCC(C#N)C(N(CC(N)=O)C(C)C)C1. The normalized spacial score (nSPS) is 28.3. The summed E-state index contributed by atoms with van der Waals surface area (Å²) in [5.41, 5.74) is 5.33. The molecule has 4 heteroatoms. The number of hydrogen-bond donors (Lipinski definition) is 1. The van der Waals surface area contributed by atoms with E-state index in [1.807, 2.05) is 0 Å². The lowest BCUT2D eigenvalue weighted by atomic mass is 9.77. The first-order chi connectivity index (χ1) is 8.49. The van der Waals surface area contributed by atoms with Gasteiger partial charge in [0.15, 0.2) is 0 Å². The van der Waals surface area contributed by atoms with Gasteiger partial charge in [0.05, 0.1) is 18.5 Å². The van der Waals surface area contributed by atoms with E-state index in [1.54, 1.807) is 0 Å². The molecule has 2 N–H and O–H groups in total. The summed E-state index contributed by atoms with van der Waals surface area (Å²) in [7, 11) is 0. The average molecular weight is 251 g/mol. The zero-order valence-corrected chi connectivity index (χ0v) is 11.7. The van der Waals surface area contributed by atoms with Crippen LogP contribution in [0.3, 0.4) is 0 Å². The molecule has 0 aliphatic heterocycles. The van der Waals surface area contributed by atoms with E-state index < -0.39 is 0 Å². The zero-order valence-electron chi connectivity index (χ0n) is 11.7. The Morgan fingerprint density at radius 2 is 2.17 bits per heavy atom. The van der Waals surface area contributed by atoms with Gasteiger partial charge in [0.2, 0.25) is 5.91 Å². The van der Waals surface area contributed by atoms with E-state index in [9.17, 15) is 10.1 Å². The molecule has 1 aliphatic carbocycles. The number of carbonyl (C=O) groups excluding carboxylic acids is 1. The summed E-state index contributed by atoms with van der Waals surface area (Å²) in [4.78, 5) is 13.3. The van der Waals surface area contributed by atoms with Gasteiger partial charge in [-0.3, -0.25) is 9.69 Å². The van der Waals surface area contributed by atoms with Gasteiger partial charge >= 0.3 is 0 Å². The largest absolute Gasteiger partial charge is 0.369 e. The van der Waals surface area contributed by atoms with Crippen LogP contribution in [0.25, 0.3) is 0 Å². The van der Waals surface area contributed by atoms with E-state index in [0.717, 1.165) is 25.7 Å². The number of nitrogens with zero attached hydrogens (tertiary/aromatic N) is 2. The smallest absolute Gasteiger partial charge is 0.231 e. The van der Waals surface area contributed by atoms with Crippen molar-refractivity contribution in [2.75, 3.05) is 6.54 Å². The number of rotatable bonds is 5. The van der Waals surface area contributed by atoms with E-state index in [1.165, 1.54) is 0 Å². The molecule has 1 rings (SSSR count). The van der Waals surface area contributed by atoms with Crippen molar-refractivity contribution in [1.82, 2.24) is 4.90 Å². The highest BCUT2D eigenvalue weighted by Gasteiger charge is 2.35. The second kappa shape index (κ2) is 6.75. The first-order valence-electron chi connectivity index (χ1n) is 6.93. The van der Waals surface area contributed by atoms with Crippen LogP contribution in [0.5, 0.6) is 0 Å². The summed E-state index contributed by atoms with van der Waals surface area (Å²) >= 11 is 0. The monoisotopic (exact) mass is 251 g/mol. The Labute approximate surface area is 110 Å². The van der Waals surface area contributed by atoms with Crippen molar-refractivity contribution in [1.29, 1.82) is 5.26 Å². The highest BCUT2D eigenvalue weighted by Crippen LogP contribution is 2.34. The molecule has 0 radical (unpaired) electrons. The van der Waals surface area contributed by atoms with Crippen LogP contribution in [0.2, 0.25) is 0 Å². The number of primary amides is 1. The molecule has 1 saturated carbocycles. The molecule has 1 fully saturated rings. The minimum atomic E-state index is -0.306.